The van der Waals surface area contributed by atoms with Crippen molar-refractivity contribution in [1.82, 2.24) is 10.2 Å². The number of fused-ring (bicyclic) bond motifs is 1. The van der Waals surface area contributed by atoms with Crippen molar-refractivity contribution in [1.29, 1.82) is 0 Å². The molecule has 3 saturated heterocycles. The fourth-order valence-electron chi connectivity index (χ4n) is 7.20. The number of aliphatic hydroxyl groups excluding tert-OH is 1. The molecule has 3 fully saturated rings. The topological polar surface area (TPSA) is 108 Å². The molecule has 214 valence electrons. The normalized spacial score (nSPS) is 30.2. The molecule has 2 bridgehead atoms. The van der Waals surface area contributed by atoms with Crippen LogP contribution in [0.2, 0.25) is 0 Å². The summed E-state index contributed by atoms with van der Waals surface area (Å²) in [5.41, 5.74) is 1.54. The number of rotatable bonds is 9. The maximum atomic E-state index is 14.4. The fourth-order valence-corrected chi connectivity index (χ4v) is 7.20. The number of anilines is 1. The monoisotopic (exact) mass is 547 g/mol. The molecule has 0 aromatic heterocycles. The lowest BCUT2D eigenvalue weighted by molar-refractivity contribution is -0.149. The Bertz CT molecular complexity index is 1300. The Morgan fingerprint density at radius 1 is 1.12 bits per heavy atom. The minimum atomic E-state index is -1.15. The number of aliphatic hydroxyl groups is 1. The van der Waals surface area contributed by atoms with Gasteiger partial charge < -0.3 is 25.4 Å². The van der Waals surface area contributed by atoms with E-state index in [2.05, 4.69) is 10.6 Å². The first-order valence-electron chi connectivity index (χ1n) is 14.4. The number of nitrogens with one attached hydrogen (secondary N) is 2. The van der Waals surface area contributed by atoms with Crippen molar-refractivity contribution < 1.29 is 24.2 Å². The van der Waals surface area contributed by atoms with Crippen LogP contribution >= 0.6 is 0 Å². The van der Waals surface area contributed by atoms with E-state index in [-0.39, 0.29) is 30.2 Å². The SMILES string of the molecule is CC[C@H](C)[C@H](CO)N1C(=O)[C@@H]2[C@H](C(=O)NCc3ccccc3)[C@]3(C)CCC2(O3)C1C(=O)Nc1cc(C)ccc1C. The van der Waals surface area contributed by atoms with E-state index in [0.717, 1.165) is 23.1 Å². The Hall–Kier alpha value is -3.23. The first-order chi connectivity index (χ1) is 19.1. The lowest BCUT2D eigenvalue weighted by Crippen LogP contribution is -2.57. The molecule has 8 nitrogen and oxygen atoms in total. The number of ether oxygens (including phenoxy) is 1. The van der Waals surface area contributed by atoms with Crippen molar-refractivity contribution in [2.24, 2.45) is 17.8 Å². The van der Waals surface area contributed by atoms with Crippen LogP contribution < -0.4 is 10.6 Å². The molecule has 3 aliphatic heterocycles. The van der Waals surface area contributed by atoms with Gasteiger partial charge in [-0.15, -0.1) is 0 Å². The average Bonchev–Trinajstić information content (AvgIpc) is 3.51. The second-order valence-electron chi connectivity index (χ2n) is 12.1. The maximum Gasteiger partial charge on any atom is 0.250 e. The second kappa shape index (κ2) is 10.6. The summed E-state index contributed by atoms with van der Waals surface area (Å²) >= 11 is 0. The maximum absolute atomic E-state index is 14.4. The van der Waals surface area contributed by atoms with E-state index >= 15 is 0 Å². The number of benzene rings is 2. The molecule has 3 heterocycles. The molecule has 2 unspecified atom stereocenters. The first kappa shape index (κ1) is 28.3. The van der Waals surface area contributed by atoms with Crippen LogP contribution in [-0.2, 0) is 25.7 Å². The molecule has 3 N–H and O–H groups in total. The highest BCUT2D eigenvalue weighted by Gasteiger charge is 2.78. The van der Waals surface area contributed by atoms with Crippen molar-refractivity contribution in [3.8, 4) is 0 Å². The summed E-state index contributed by atoms with van der Waals surface area (Å²) in [5, 5.41) is 16.6. The Morgan fingerprint density at radius 2 is 1.85 bits per heavy atom. The number of aryl methyl sites for hydroxylation is 2. The van der Waals surface area contributed by atoms with Gasteiger partial charge in [-0.25, -0.2) is 0 Å². The lowest BCUT2D eigenvalue weighted by atomic mass is 9.66. The highest BCUT2D eigenvalue weighted by atomic mass is 16.5. The molecule has 3 aliphatic rings. The third-order valence-electron chi connectivity index (χ3n) is 9.55. The van der Waals surface area contributed by atoms with Crippen LogP contribution in [-0.4, -0.2) is 57.6 Å². The van der Waals surface area contributed by atoms with Gasteiger partial charge in [-0.3, -0.25) is 14.4 Å². The van der Waals surface area contributed by atoms with E-state index < -0.39 is 35.1 Å². The Morgan fingerprint density at radius 3 is 2.52 bits per heavy atom. The average molecular weight is 548 g/mol. The highest BCUT2D eigenvalue weighted by Crippen LogP contribution is 2.63. The van der Waals surface area contributed by atoms with E-state index in [1.807, 2.05) is 83.1 Å². The Balaban J connectivity index is 1.53. The summed E-state index contributed by atoms with van der Waals surface area (Å²) in [5.74, 6) is -2.49. The summed E-state index contributed by atoms with van der Waals surface area (Å²) in [6.07, 6.45) is 1.77. The van der Waals surface area contributed by atoms with Crippen molar-refractivity contribution in [2.45, 2.75) is 83.7 Å². The van der Waals surface area contributed by atoms with Crippen LogP contribution in [0.1, 0.15) is 56.7 Å². The molecule has 0 saturated carbocycles. The molecule has 0 radical (unpaired) electrons. The van der Waals surface area contributed by atoms with Gasteiger partial charge in [0.1, 0.15) is 11.6 Å². The number of amides is 3. The predicted molar refractivity (Wildman–Crippen MR) is 152 cm³/mol. The third-order valence-corrected chi connectivity index (χ3v) is 9.55. The zero-order valence-corrected chi connectivity index (χ0v) is 24.1. The van der Waals surface area contributed by atoms with Crippen molar-refractivity contribution in [3.05, 3.63) is 65.2 Å². The molecule has 40 heavy (non-hydrogen) atoms. The molecule has 0 aliphatic carbocycles. The van der Waals surface area contributed by atoms with Crippen LogP contribution in [0.3, 0.4) is 0 Å². The molecule has 2 aromatic rings. The number of hydrogen-bond acceptors (Lipinski definition) is 5. The van der Waals surface area contributed by atoms with Gasteiger partial charge in [-0.2, -0.15) is 0 Å². The van der Waals surface area contributed by atoms with Gasteiger partial charge in [-0.1, -0.05) is 62.7 Å². The van der Waals surface area contributed by atoms with Crippen LogP contribution in [0.15, 0.2) is 48.5 Å². The van der Waals surface area contributed by atoms with Gasteiger partial charge >= 0.3 is 0 Å². The molecule has 5 rings (SSSR count). The summed E-state index contributed by atoms with van der Waals surface area (Å²) in [4.78, 5) is 43.9. The van der Waals surface area contributed by atoms with Gasteiger partial charge in [-0.05, 0) is 62.3 Å². The lowest BCUT2D eigenvalue weighted by Gasteiger charge is -2.39. The van der Waals surface area contributed by atoms with Gasteiger partial charge in [0.2, 0.25) is 17.7 Å². The molecular weight excluding hydrogens is 506 g/mol. The standard InChI is InChI=1S/C32H41N3O5/c1-6-20(3)24(18-36)35-27(29(38)34-23-16-19(2)12-13-21(23)4)32-15-14-31(5,40-32)25(26(32)30(35)39)28(37)33-17-22-10-8-7-9-11-22/h7-13,16,20,24-27,36H,6,14-15,17-18H2,1-5H3,(H,33,37)(H,34,38)/t20-,24-,25+,26-,27?,31-,32?/m0/s1. The van der Waals surface area contributed by atoms with Crippen molar-refractivity contribution >= 4 is 23.4 Å². The van der Waals surface area contributed by atoms with Gasteiger partial charge in [0.15, 0.2) is 0 Å². The number of carbonyl (C=O) groups excluding carboxylic acids is 3. The number of hydrogen-bond donors (Lipinski definition) is 3. The minimum Gasteiger partial charge on any atom is -0.394 e. The van der Waals surface area contributed by atoms with Crippen LogP contribution in [0.5, 0.6) is 0 Å². The number of likely N-dealkylation sites (tertiary alicyclic amines) is 1. The Kier molecular flexibility index (Phi) is 7.52. The van der Waals surface area contributed by atoms with Crippen LogP contribution in [0, 0.1) is 31.6 Å². The van der Waals surface area contributed by atoms with E-state index in [4.69, 9.17) is 4.74 Å². The zero-order valence-electron chi connectivity index (χ0n) is 24.1. The number of carbonyl (C=O) groups is 3. The molecule has 7 atom stereocenters. The molecule has 3 amide bonds. The van der Waals surface area contributed by atoms with Gasteiger partial charge in [0.05, 0.1) is 30.1 Å². The summed E-state index contributed by atoms with van der Waals surface area (Å²) < 4.78 is 6.73. The predicted octanol–water partition coefficient (Wildman–Crippen LogP) is 3.73. The Labute approximate surface area is 236 Å². The van der Waals surface area contributed by atoms with Crippen LogP contribution in [0.25, 0.3) is 0 Å². The van der Waals surface area contributed by atoms with E-state index in [1.165, 1.54) is 0 Å². The molecule has 2 aromatic carbocycles. The van der Waals surface area contributed by atoms with E-state index in [1.54, 1.807) is 4.90 Å². The summed E-state index contributed by atoms with van der Waals surface area (Å²) in [7, 11) is 0. The smallest absolute Gasteiger partial charge is 0.250 e. The van der Waals surface area contributed by atoms with Crippen molar-refractivity contribution in [2.75, 3.05) is 11.9 Å². The highest BCUT2D eigenvalue weighted by molar-refractivity contribution is 6.04. The molecule has 1 spiro atoms. The summed E-state index contributed by atoms with van der Waals surface area (Å²) in [6, 6.07) is 13.9. The third kappa shape index (κ3) is 4.51. The van der Waals surface area contributed by atoms with Gasteiger partial charge in [0, 0.05) is 12.2 Å². The summed E-state index contributed by atoms with van der Waals surface area (Å²) in [6.45, 7) is 9.81. The largest absolute Gasteiger partial charge is 0.394 e. The minimum absolute atomic E-state index is 0.0571. The molecule has 8 heteroatoms. The zero-order chi connectivity index (χ0) is 28.8. The van der Waals surface area contributed by atoms with Crippen molar-refractivity contribution in [3.63, 3.8) is 0 Å². The first-order valence-corrected chi connectivity index (χ1v) is 14.4. The number of nitrogens with zero attached hydrogens (tertiary/aromatic N) is 1. The molecular formula is C32H41N3O5. The van der Waals surface area contributed by atoms with Gasteiger partial charge in [0.25, 0.3) is 0 Å². The van der Waals surface area contributed by atoms with Crippen LogP contribution in [0.4, 0.5) is 5.69 Å². The fraction of sp³-hybridized carbons (Fsp3) is 0.531. The quantitative estimate of drug-likeness (QED) is 0.444. The van der Waals surface area contributed by atoms with E-state index in [9.17, 15) is 19.5 Å². The second-order valence-corrected chi connectivity index (χ2v) is 12.1. The van der Waals surface area contributed by atoms with E-state index in [0.29, 0.717) is 25.1 Å².